The van der Waals surface area contributed by atoms with Crippen LogP contribution in [-0.2, 0) is 0 Å². The molecule has 21 heavy (non-hydrogen) atoms. The van der Waals surface area contributed by atoms with Crippen molar-refractivity contribution in [3.05, 3.63) is 56.4 Å². The molecular weight excluding hydrogens is 382 g/mol. The highest BCUT2D eigenvalue weighted by atomic mass is 79.9. The van der Waals surface area contributed by atoms with Crippen molar-refractivity contribution in [1.29, 1.82) is 0 Å². The standard InChI is InChI=1S/C14H10BrCl2FN2O/c1-2-20(13-4-3-8(15)7-19-13)14(21)9-5-12(18)11(17)6-10(9)16/h3-7H,2H2,1H3. The average Bonchev–Trinajstić information content (AvgIpc) is 2.45. The van der Waals surface area contributed by atoms with Crippen molar-refractivity contribution >= 4 is 50.9 Å². The number of benzene rings is 1. The fourth-order valence-corrected chi connectivity index (χ4v) is 2.47. The molecular formula is C14H10BrCl2FN2O. The van der Waals surface area contributed by atoms with Crippen LogP contribution in [0, 0.1) is 5.82 Å². The Morgan fingerprint density at radius 2 is 2.05 bits per heavy atom. The average molecular weight is 392 g/mol. The van der Waals surface area contributed by atoms with Crippen LogP contribution in [0.1, 0.15) is 17.3 Å². The molecule has 2 aromatic rings. The van der Waals surface area contributed by atoms with Gasteiger partial charge in [-0.1, -0.05) is 23.2 Å². The number of carbonyl (C=O) groups excluding carboxylic acids is 1. The lowest BCUT2D eigenvalue weighted by Crippen LogP contribution is -2.31. The minimum Gasteiger partial charge on any atom is -0.293 e. The van der Waals surface area contributed by atoms with E-state index in [0.717, 1.165) is 10.5 Å². The molecule has 110 valence electrons. The fourth-order valence-electron chi connectivity index (χ4n) is 1.77. The smallest absolute Gasteiger partial charge is 0.261 e. The molecule has 0 atom stereocenters. The monoisotopic (exact) mass is 390 g/mol. The molecule has 1 heterocycles. The quantitative estimate of drug-likeness (QED) is 0.693. The fraction of sp³-hybridized carbons (Fsp3) is 0.143. The number of hydrogen-bond donors (Lipinski definition) is 0. The Morgan fingerprint density at radius 3 is 2.62 bits per heavy atom. The first-order valence-corrected chi connectivity index (χ1v) is 7.57. The van der Waals surface area contributed by atoms with Gasteiger partial charge in [-0.3, -0.25) is 9.69 Å². The minimum atomic E-state index is -0.691. The summed E-state index contributed by atoms with van der Waals surface area (Å²) in [4.78, 5) is 18.1. The Labute approximate surface area is 139 Å². The summed E-state index contributed by atoms with van der Waals surface area (Å²) in [6.07, 6.45) is 1.58. The Hall–Kier alpha value is -1.17. The number of halogens is 4. The molecule has 0 saturated carbocycles. The van der Waals surface area contributed by atoms with Crippen LogP contribution in [0.2, 0.25) is 10.0 Å². The van der Waals surface area contributed by atoms with E-state index in [1.807, 2.05) is 0 Å². The Bertz CT molecular complexity index is 679. The first-order valence-electron chi connectivity index (χ1n) is 6.02. The van der Waals surface area contributed by atoms with Crippen LogP contribution in [0.5, 0.6) is 0 Å². The van der Waals surface area contributed by atoms with Crippen LogP contribution in [0.25, 0.3) is 0 Å². The molecule has 0 aliphatic heterocycles. The van der Waals surface area contributed by atoms with Crippen molar-refractivity contribution in [3.8, 4) is 0 Å². The highest BCUT2D eigenvalue weighted by molar-refractivity contribution is 9.10. The predicted molar refractivity (Wildman–Crippen MR) is 85.7 cm³/mol. The summed E-state index contributed by atoms with van der Waals surface area (Å²) < 4.78 is 14.4. The third kappa shape index (κ3) is 3.54. The van der Waals surface area contributed by atoms with Crippen LogP contribution in [0.15, 0.2) is 34.9 Å². The van der Waals surface area contributed by atoms with Crippen molar-refractivity contribution < 1.29 is 9.18 Å². The third-order valence-corrected chi connectivity index (χ3v) is 3.86. The van der Waals surface area contributed by atoms with E-state index in [1.165, 1.54) is 11.0 Å². The number of pyridine rings is 1. The molecule has 1 amide bonds. The molecule has 0 unspecified atom stereocenters. The molecule has 0 fully saturated rings. The number of rotatable bonds is 3. The number of anilines is 1. The molecule has 0 aliphatic carbocycles. The van der Waals surface area contributed by atoms with Gasteiger partial charge in [-0.05, 0) is 47.1 Å². The van der Waals surface area contributed by atoms with E-state index in [0.29, 0.717) is 12.4 Å². The maximum Gasteiger partial charge on any atom is 0.261 e. The van der Waals surface area contributed by atoms with Crippen LogP contribution in [0.4, 0.5) is 10.2 Å². The molecule has 0 radical (unpaired) electrons. The van der Waals surface area contributed by atoms with Gasteiger partial charge in [-0.15, -0.1) is 0 Å². The van der Waals surface area contributed by atoms with Crippen LogP contribution < -0.4 is 4.90 Å². The predicted octanol–water partition coefficient (Wildman–Crippen LogP) is 4.96. The second-order valence-corrected chi connectivity index (χ2v) is 5.86. The Morgan fingerprint density at radius 1 is 1.33 bits per heavy atom. The number of aromatic nitrogens is 1. The lowest BCUT2D eigenvalue weighted by molar-refractivity contribution is 0.0987. The summed E-state index contributed by atoms with van der Waals surface area (Å²) in [5.74, 6) is -0.672. The van der Waals surface area contributed by atoms with Gasteiger partial charge in [0.2, 0.25) is 0 Å². The molecule has 0 N–H and O–H groups in total. The van der Waals surface area contributed by atoms with Gasteiger partial charge >= 0.3 is 0 Å². The largest absolute Gasteiger partial charge is 0.293 e. The second kappa shape index (κ2) is 6.73. The minimum absolute atomic E-state index is 0.0464. The maximum atomic E-state index is 13.6. The van der Waals surface area contributed by atoms with E-state index in [4.69, 9.17) is 23.2 Å². The topological polar surface area (TPSA) is 33.2 Å². The number of hydrogen-bond acceptors (Lipinski definition) is 2. The van der Waals surface area contributed by atoms with Crippen molar-refractivity contribution in [2.24, 2.45) is 0 Å². The highest BCUT2D eigenvalue weighted by Gasteiger charge is 2.21. The lowest BCUT2D eigenvalue weighted by atomic mass is 10.2. The summed E-state index contributed by atoms with van der Waals surface area (Å²) in [6.45, 7) is 2.16. The van der Waals surface area contributed by atoms with E-state index in [2.05, 4.69) is 20.9 Å². The summed E-state index contributed by atoms with van der Waals surface area (Å²) in [5, 5.41) is -0.0247. The van der Waals surface area contributed by atoms with Gasteiger partial charge in [0.05, 0.1) is 15.6 Å². The summed E-state index contributed by atoms with van der Waals surface area (Å²) in [7, 11) is 0. The van der Waals surface area contributed by atoms with Crippen molar-refractivity contribution in [1.82, 2.24) is 4.98 Å². The Balaban J connectivity index is 2.41. The van der Waals surface area contributed by atoms with Gasteiger partial charge in [0.1, 0.15) is 11.6 Å². The van der Waals surface area contributed by atoms with Crippen LogP contribution >= 0.6 is 39.1 Å². The van der Waals surface area contributed by atoms with Gasteiger partial charge in [0.25, 0.3) is 5.91 Å². The van der Waals surface area contributed by atoms with Gasteiger partial charge in [0.15, 0.2) is 0 Å². The molecule has 3 nitrogen and oxygen atoms in total. The highest BCUT2D eigenvalue weighted by Crippen LogP contribution is 2.26. The molecule has 0 saturated heterocycles. The maximum absolute atomic E-state index is 13.6. The lowest BCUT2D eigenvalue weighted by Gasteiger charge is -2.20. The number of carbonyl (C=O) groups is 1. The third-order valence-electron chi connectivity index (χ3n) is 2.79. The molecule has 1 aromatic heterocycles. The normalized spacial score (nSPS) is 10.5. The van der Waals surface area contributed by atoms with Gasteiger partial charge in [0, 0.05) is 17.2 Å². The summed E-state index contributed by atoms with van der Waals surface area (Å²) >= 11 is 14.9. The van der Waals surface area contributed by atoms with E-state index < -0.39 is 11.7 Å². The van der Waals surface area contributed by atoms with Crippen molar-refractivity contribution in [3.63, 3.8) is 0 Å². The van der Waals surface area contributed by atoms with Crippen molar-refractivity contribution in [2.45, 2.75) is 6.92 Å². The van der Waals surface area contributed by atoms with Gasteiger partial charge in [-0.25, -0.2) is 9.37 Å². The SMILES string of the molecule is CCN(C(=O)c1cc(F)c(Cl)cc1Cl)c1ccc(Br)cn1. The van der Waals surface area contributed by atoms with Gasteiger partial charge < -0.3 is 0 Å². The Kier molecular flexibility index (Phi) is 5.19. The molecule has 1 aromatic carbocycles. The second-order valence-electron chi connectivity index (χ2n) is 4.13. The van der Waals surface area contributed by atoms with E-state index in [-0.39, 0.29) is 15.6 Å². The zero-order valence-corrected chi connectivity index (χ0v) is 14.0. The van der Waals surface area contributed by atoms with Crippen LogP contribution in [-0.4, -0.2) is 17.4 Å². The molecule has 7 heteroatoms. The molecule has 0 bridgehead atoms. The first-order chi connectivity index (χ1) is 9.93. The van der Waals surface area contributed by atoms with Gasteiger partial charge in [-0.2, -0.15) is 0 Å². The first kappa shape index (κ1) is 16.2. The number of amides is 1. The number of nitrogens with zero attached hydrogens (tertiary/aromatic N) is 2. The van der Waals surface area contributed by atoms with Crippen molar-refractivity contribution in [2.75, 3.05) is 11.4 Å². The van der Waals surface area contributed by atoms with E-state index in [9.17, 15) is 9.18 Å². The summed E-state index contributed by atoms with van der Waals surface area (Å²) in [6, 6.07) is 5.71. The van der Waals surface area contributed by atoms with E-state index >= 15 is 0 Å². The zero-order valence-electron chi connectivity index (χ0n) is 10.9. The van der Waals surface area contributed by atoms with E-state index in [1.54, 1.807) is 25.3 Å². The molecule has 0 spiro atoms. The molecule has 0 aliphatic rings. The molecule has 2 rings (SSSR count). The summed E-state index contributed by atoms with van der Waals surface area (Å²) in [5.41, 5.74) is 0.0464. The van der Waals surface area contributed by atoms with Crippen LogP contribution in [0.3, 0.4) is 0 Å². The zero-order chi connectivity index (χ0) is 15.6.